The molecular weight excluding hydrogens is 303 g/mol. The summed E-state index contributed by atoms with van der Waals surface area (Å²) >= 11 is 0. The molecule has 5 atom stereocenters. The third kappa shape index (κ3) is 4.92. The summed E-state index contributed by atoms with van der Waals surface area (Å²) in [7, 11) is 1.35. The second-order valence-corrected chi connectivity index (χ2v) is 4.70. The predicted molar refractivity (Wildman–Crippen MR) is 68.3 cm³/mol. The van der Waals surface area contributed by atoms with Crippen LogP contribution in [0.2, 0.25) is 0 Å². The molecule has 0 aliphatic carbocycles. The van der Waals surface area contributed by atoms with Gasteiger partial charge in [0, 0.05) is 27.9 Å². The molecule has 0 radical (unpaired) electrons. The summed E-state index contributed by atoms with van der Waals surface area (Å²) in [6.45, 7) is 3.20. The maximum Gasteiger partial charge on any atom is 0.303 e. The summed E-state index contributed by atoms with van der Waals surface area (Å²) in [6.07, 6.45) is -7.12. The summed E-state index contributed by atoms with van der Waals surface area (Å²) < 4.78 is 38.9. The lowest BCUT2D eigenvalue weighted by molar-refractivity contribution is -0.277. The van der Waals surface area contributed by atoms with Crippen LogP contribution < -0.4 is 0 Å². The number of methoxy groups -OCH3 is 1. The van der Waals surface area contributed by atoms with Crippen LogP contribution in [0.15, 0.2) is 0 Å². The molecule has 0 unspecified atom stereocenters. The van der Waals surface area contributed by atoms with E-state index in [9.17, 15) is 18.8 Å². The van der Waals surface area contributed by atoms with Gasteiger partial charge in [-0.05, 0) is 0 Å². The maximum absolute atomic E-state index is 14.1. The van der Waals surface area contributed by atoms with Crippen LogP contribution in [0, 0.1) is 0 Å². The molecule has 22 heavy (non-hydrogen) atoms. The van der Waals surface area contributed by atoms with Gasteiger partial charge in [-0.25, -0.2) is 4.39 Å². The number of halogens is 1. The Kier molecular flexibility index (Phi) is 6.69. The van der Waals surface area contributed by atoms with E-state index in [2.05, 4.69) is 0 Å². The molecule has 1 fully saturated rings. The first-order valence-corrected chi connectivity index (χ1v) is 6.56. The second-order valence-electron chi connectivity index (χ2n) is 4.70. The Balaban J connectivity index is 3.09. The number of rotatable bonds is 5. The van der Waals surface area contributed by atoms with Crippen molar-refractivity contribution < 1.29 is 42.5 Å². The highest BCUT2D eigenvalue weighted by atomic mass is 19.1. The molecule has 0 aromatic carbocycles. The minimum Gasteiger partial charge on any atom is -0.456 e. The maximum atomic E-state index is 14.1. The van der Waals surface area contributed by atoms with E-state index in [0.29, 0.717) is 0 Å². The molecule has 1 rings (SSSR count). The zero-order valence-electron chi connectivity index (χ0n) is 12.7. The number of alkyl halides is 1. The van der Waals surface area contributed by atoms with Crippen LogP contribution in [-0.2, 0) is 38.1 Å². The van der Waals surface area contributed by atoms with Crippen molar-refractivity contribution in [2.75, 3.05) is 13.7 Å². The molecule has 0 aromatic rings. The molecule has 1 saturated heterocycles. The van der Waals surface area contributed by atoms with Gasteiger partial charge in [0.05, 0.1) is 6.61 Å². The van der Waals surface area contributed by atoms with Crippen molar-refractivity contribution in [3.8, 4) is 0 Å². The second kappa shape index (κ2) is 8.04. The van der Waals surface area contributed by atoms with Gasteiger partial charge >= 0.3 is 17.9 Å². The van der Waals surface area contributed by atoms with E-state index in [1.165, 1.54) is 7.11 Å². The topological polar surface area (TPSA) is 97.4 Å². The van der Waals surface area contributed by atoms with Gasteiger partial charge in [-0.15, -0.1) is 0 Å². The zero-order valence-corrected chi connectivity index (χ0v) is 12.7. The highest BCUT2D eigenvalue weighted by molar-refractivity contribution is 5.68. The Morgan fingerprint density at radius 2 is 1.36 bits per heavy atom. The van der Waals surface area contributed by atoms with Gasteiger partial charge in [-0.2, -0.15) is 0 Å². The van der Waals surface area contributed by atoms with Crippen LogP contribution >= 0.6 is 0 Å². The van der Waals surface area contributed by atoms with Crippen LogP contribution in [-0.4, -0.2) is 62.4 Å². The van der Waals surface area contributed by atoms with Crippen LogP contribution in [0.4, 0.5) is 4.39 Å². The third-order valence-electron chi connectivity index (χ3n) is 2.81. The predicted octanol–water partition coefficient (Wildman–Crippen LogP) is 0.122. The lowest BCUT2D eigenvalue weighted by atomic mass is 9.98. The summed E-state index contributed by atoms with van der Waals surface area (Å²) in [4.78, 5) is 33.6. The average molecular weight is 322 g/mol. The first-order chi connectivity index (χ1) is 10.3. The van der Waals surface area contributed by atoms with Gasteiger partial charge in [-0.1, -0.05) is 0 Å². The minimum atomic E-state index is -2.06. The van der Waals surface area contributed by atoms with Crippen molar-refractivity contribution in [1.29, 1.82) is 0 Å². The fourth-order valence-corrected chi connectivity index (χ4v) is 2.14. The number of carbonyl (C=O) groups excluding carboxylic acids is 3. The van der Waals surface area contributed by atoms with E-state index in [1.54, 1.807) is 0 Å². The number of esters is 3. The molecule has 0 saturated carbocycles. The molecule has 0 N–H and O–H groups in total. The van der Waals surface area contributed by atoms with Gasteiger partial charge in [0.1, 0.15) is 6.10 Å². The van der Waals surface area contributed by atoms with E-state index >= 15 is 0 Å². The van der Waals surface area contributed by atoms with E-state index in [1.807, 2.05) is 0 Å². The van der Waals surface area contributed by atoms with Gasteiger partial charge in [0.15, 0.2) is 18.3 Å². The normalized spacial score (nSPS) is 31.2. The van der Waals surface area contributed by atoms with E-state index in [0.717, 1.165) is 20.8 Å². The Morgan fingerprint density at radius 3 is 1.82 bits per heavy atom. The number of hydrogen-bond donors (Lipinski definition) is 0. The molecule has 0 spiro atoms. The van der Waals surface area contributed by atoms with Crippen LogP contribution in [0.3, 0.4) is 0 Å². The van der Waals surface area contributed by atoms with Crippen LogP contribution in [0.25, 0.3) is 0 Å². The molecule has 0 amide bonds. The molecule has 0 bridgehead atoms. The average Bonchev–Trinajstić information content (AvgIpc) is 2.37. The largest absolute Gasteiger partial charge is 0.456 e. The first-order valence-electron chi connectivity index (χ1n) is 6.56. The van der Waals surface area contributed by atoms with Crippen molar-refractivity contribution in [1.82, 2.24) is 0 Å². The van der Waals surface area contributed by atoms with Crippen molar-refractivity contribution in [3.63, 3.8) is 0 Å². The van der Waals surface area contributed by atoms with Crippen molar-refractivity contribution in [2.24, 2.45) is 0 Å². The number of carbonyl (C=O) groups is 3. The highest BCUT2D eigenvalue weighted by Crippen LogP contribution is 2.29. The van der Waals surface area contributed by atoms with Crippen molar-refractivity contribution in [2.45, 2.75) is 51.5 Å². The molecule has 1 aliphatic heterocycles. The summed E-state index contributed by atoms with van der Waals surface area (Å²) in [6, 6.07) is 0. The Morgan fingerprint density at radius 1 is 0.909 bits per heavy atom. The SMILES string of the molecule is COC[C@H]1O[C@H](F)[C@H](OC(C)=O)[C@@H](OC(C)=O)[C@H]1OC(C)=O. The standard InChI is InChI=1S/C13H19FO8/c1-6(15)19-10-9(5-18-4)22-13(14)12(21-8(3)17)11(10)20-7(2)16/h9-13H,5H2,1-4H3/t9-,10+,11+,12-,13+/m1/s1. The van der Waals surface area contributed by atoms with Crippen molar-refractivity contribution in [3.05, 3.63) is 0 Å². The van der Waals surface area contributed by atoms with Gasteiger partial charge in [-0.3, -0.25) is 14.4 Å². The van der Waals surface area contributed by atoms with Crippen molar-refractivity contribution >= 4 is 17.9 Å². The monoisotopic (exact) mass is 322 g/mol. The Bertz CT molecular complexity index is 426. The summed E-state index contributed by atoms with van der Waals surface area (Å²) in [5.74, 6) is -2.23. The molecule has 8 nitrogen and oxygen atoms in total. The van der Waals surface area contributed by atoms with Crippen LogP contribution in [0.5, 0.6) is 0 Å². The summed E-state index contributed by atoms with van der Waals surface area (Å²) in [5.41, 5.74) is 0. The quantitative estimate of drug-likeness (QED) is 0.520. The molecule has 1 heterocycles. The third-order valence-corrected chi connectivity index (χ3v) is 2.81. The zero-order chi connectivity index (χ0) is 16.9. The highest BCUT2D eigenvalue weighted by Gasteiger charge is 2.52. The lowest BCUT2D eigenvalue weighted by Crippen LogP contribution is -2.61. The molecule has 0 aromatic heterocycles. The fraction of sp³-hybridized carbons (Fsp3) is 0.769. The van der Waals surface area contributed by atoms with E-state index < -0.39 is 48.7 Å². The minimum absolute atomic E-state index is 0.108. The smallest absolute Gasteiger partial charge is 0.303 e. The summed E-state index contributed by atoms with van der Waals surface area (Å²) in [5, 5.41) is 0. The number of hydrogen-bond acceptors (Lipinski definition) is 8. The van der Waals surface area contributed by atoms with Gasteiger partial charge in [0.2, 0.25) is 6.36 Å². The fourth-order valence-electron chi connectivity index (χ4n) is 2.14. The first kappa shape index (κ1) is 18.3. The van der Waals surface area contributed by atoms with E-state index in [-0.39, 0.29) is 6.61 Å². The van der Waals surface area contributed by atoms with Gasteiger partial charge < -0.3 is 23.7 Å². The molecule has 9 heteroatoms. The molecular formula is C13H19FO8. The molecule has 1 aliphatic rings. The Hall–Kier alpha value is -1.74. The molecule has 126 valence electrons. The lowest BCUT2D eigenvalue weighted by Gasteiger charge is -2.41. The number of ether oxygens (including phenoxy) is 5. The van der Waals surface area contributed by atoms with E-state index in [4.69, 9.17) is 23.7 Å². The van der Waals surface area contributed by atoms with Gasteiger partial charge in [0.25, 0.3) is 0 Å². The Labute approximate surface area is 126 Å². The van der Waals surface area contributed by atoms with Crippen LogP contribution in [0.1, 0.15) is 20.8 Å².